The van der Waals surface area contributed by atoms with Crippen molar-refractivity contribution in [2.75, 3.05) is 0 Å². The summed E-state index contributed by atoms with van der Waals surface area (Å²) in [5.41, 5.74) is 0. The summed E-state index contributed by atoms with van der Waals surface area (Å²) in [6.45, 7) is 0. The normalized spacial score (nSPS) is 10.2. The molecule has 0 radical (unpaired) electrons. The maximum absolute atomic E-state index is 4.27. The van der Waals surface area contributed by atoms with Crippen molar-refractivity contribution >= 4 is 3.71 Å². The zero-order chi connectivity index (χ0) is 8.93. The molecule has 0 N–H and O–H groups in total. The molecule has 0 aliphatic carbocycles. The molecule has 0 spiro atoms. The number of hydrogen-bond donors (Lipinski definition) is 0. The van der Waals surface area contributed by atoms with E-state index >= 15 is 0 Å². The van der Waals surface area contributed by atoms with Crippen molar-refractivity contribution in [3.05, 3.63) is 48.8 Å². The van der Waals surface area contributed by atoms with Crippen LogP contribution in [0.2, 0.25) is 0 Å². The number of nitrogens with zero attached hydrogens (tertiary/aromatic N) is 2. The fraction of sp³-hybridized carbons (Fsp3) is 0. The monoisotopic (exact) mass is 322 g/mol. The van der Waals surface area contributed by atoms with E-state index in [1.807, 2.05) is 48.8 Å². The number of pyridine rings is 2. The van der Waals surface area contributed by atoms with E-state index in [-0.39, 0.29) is 33.4 Å². The van der Waals surface area contributed by atoms with Gasteiger partial charge in [-0.2, -0.15) is 0 Å². The van der Waals surface area contributed by atoms with Gasteiger partial charge in [0.05, 0.1) is 0 Å². The van der Waals surface area contributed by atoms with E-state index in [1.54, 1.807) is 0 Å². The van der Waals surface area contributed by atoms with Crippen molar-refractivity contribution in [2.45, 2.75) is 0 Å². The third-order valence-electron chi connectivity index (χ3n) is 1.35. The Kier molecular flexibility index (Phi) is 3.29. The zero-order valence-corrected chi connectivity index (χ0v) is 8.65. The summed E-state index contributed by atoms with van der Waals surface area (Å²) in [4.78, 5) is 8.54. The predicted octanol–water partition coefficient (Wildman–Crippen LogP) is 0.512. The molecule has 70 valence electrons. The molecule has 0 atom stereocenters. The minimum absolute atomic E-state index is 0.0491. The van der Waals surface area contributed by atoms with E-state index in [4.69, 9.17) is 0 Å². The molecule has 2 rings (SSSR count). The van der Waals surface area contributed by atoms with Crippen LogP contribution in [0, 0.1) is 33.4 Å². The molecule has 2 heterocycles. The Hall–Kier alpha value is -0.453. The van der Waals surface area contributed by atoms with Crippen LogP contribution in [0.1, 0.15) is 0 Å². The van der Waals surface area contributed by atoms with E-state index in [1.165, 1.54) is 0 Å². The molecule has 0 saturated heterocycles. The first-order chi connectivity index (χ1) is 6.45. The Morgan fingerprint density at radius 2 is 1.31 bits per heavy atom. The maximum atomic E-state index is 4.27. The first-order valence-electron chi connectivity index (χ1n) is 3.83. The molecule has 0 unspecified atom stereocenters. The van der Waals surface area contributed by atoms with Gasteiger partial charge >= 0.3 is 95.9 Å². The molecule has 0 aliphatic heterocycles. The summed E-state index contributed by atoms with van der Waals surface area (Å²) >= 11 is 0.0491. The summed E-state index contributed by atoms with van der Waals surface area (Å²) < 4.78 is 2.28. The van der Waals surface area contributed by atoms with Gasteiger partial charge in [0.1, 0.15) is 0 Å². The minimum atomic E-state index is 0.0491. The topological polar surface area (TPSA) is 25.8 Å². The standard InChI is InChI=1S/2C5H4N.Er/c2*1-2-4-6-5-3-1;/h2*1-4H;. The summed E-state index contributed by atoms with van der Waals surface area (Å²) in [6, 6.07) is 12.0. The van der Waals surface area contributed by atoms with Crippen LogP contribution in [0.4, 0.5) is 0 Å². The van der Waals surface area contributed by atoms with Crippen LogP contribution in [0.25, 0.3) is 0 Å². The molecule has 0 amide bonds. The molecule has 13 heavy (non-hydrogen) atoms. The average Bonchev–Trinajstić information content (AvgIpc) is 2.21. The SMILES string of the molecule is c1cc[c]([Er][c]2ccccn2)nc1. The fourth-order valence-corrected chi connectivity index (χ4v) is 2.48. The summed E-state index contributed by atoms with van der Waals surface area (Å²) in [7, 11) is 0. The molecule has 2 aromatic heterocycles. The Labute approximate surface area is 95.1 Å². The summed E-state index contributed by atoms with van der Waals surface area (Å²) in [5.74, 6) is 0. The Bertz CT molecular complexity index is 324. The van der Waals surface area contributed by atoms with Crippen LogP contribution in [0.5, 0.6) is 0 Å². The van der Waals surface area contributed by atoms with Crippen LogP contribution in [0.15, 0.2) is 48.8 Å². The quantitative estimate of drug-likeness (QED) is 0.805. The third-order valence-corrected chi connectivity index (χ3v) is 3.40. The molecule has 0 bridgehead atoms. The molecular weight excluding hydrogens is 315 g/mol. The second-order valence-corrected chi connectivity index (χ2v) is 4.65. The van der Waals surface area contributed by atoms with Crippen LogP contribution in [-0.2, 0) is 0 Å². The van der Waals surface area contributed by atoms with Crippen LogP contribution < -0.4 is 3.71 Å². The third kappa shape index (κ3) is 2.75. The van der Waals surface area contributed by atoms with Crippen molar-refractivity contribution in [1.82, 2.24) is 9.97 Å². The van der Waals surface area contributed by atoms with Gasteiger partial charge in [0.25, 0.3) is 0 Å². The second-order valence-electron chi connectivity index (χ2n) is 2.29. The van der Waals surface area contributed by atoms with Gasteiger partial charge in [-0.3, -0.25) is 0 Å². The van der Waals surface area contributed by atoms with Crippen LogP contribution in [0.3, 0.4) is 0 Å². The number of hydrogen-bond acceptors (Lipinski definition) is 2. The van der Waals surface area contributed by atoms with E-state index in [9.17, 15) is 0 Å². The molecule has 0 aliphatic rings. The molecule has 2 aromatic rings. The fourth-order valence-electron chi connectivity index (χ4n) is 0.814. The molecular formula is C10H8ErN2. The van der Waals surface area contributed by atoms with Gasteiger partial charge in [-0.05, 0) is 0 Å². The Morgan fingerprint density at radius 3 is 1.69 bits per heavy atom. The summed E-state index contributed by atoms with van der Waals surface area (Å²) in [5, 5.41) is 0. The number of aromatic nitrogens is 2. The average molecular weight is 323 g/mol. The van der Waals surface area contributed by atoms with Gasteiger partial charge in [0, 0.05) is 0 Å². The molecule has 2 nitrogen and oxygen atoms in total. The van der Waals surface area contributed by atoms with Crippen molar-refractivity contribution < 1.29 is 33.4 Å². The second kappa shape index (κ2) is 4.69. The first-order valence-corrected chi connectivity index (χ1v) is 5.68. The predicted molar refractivity (Wildman–Crippen MR) is 47.7 cm³/mol. The van der Waals surface area contributed by atoms with Gasteiger partial charge < -0.3 is 0 Å². The van der Waals surface area contributed by atoms with E-state index < -0.39 is 0 Å². The van der Waals surface area contributed by atoms with E-state index in [0.29, 0.717) is 0 Å². The van der Waals surface area contributed by atoms with Crippen LogP contribution in [-0.4, -0.2) is 9.97 Å². The van der Waals surface area contributed by atoms with Gasteiger partial charge in [-0.15, -0.1) is 0 Å². The Balaban J connectivity index is 2.16. The van der Waals surface area contributed by atoms with Gasteiger partial charge in [-0.25, -0.2) is 0 Å². The van der Waals surface area contributed by atoms with E-state index in [2.05, 4.69) is 9.97 Å². The molecule has 0 aromatic carbocycles. The molecule has 0 saturated carbocycles. The van der Waals surface area contributed by atoms with Crippen molar-refractivity contribution in [2.24, 2.45) is 0 Å². The molecule has 0 fully saturated rings. The van der Waals surface area contributed by atoms with Crippen molar-refractivity contribution in [3.8, 4) is 0 Å². The van der Waals surface area contributed by atoms with Crippen molar-refractivity contribution in [3.63, 3.8) is 0 Å². The van der Waals surface area contributed by atoms with Gasteiger partial charge in [0.15, 0.2) is 0 Å². The van der Waals surface area contributed by atoms with Crippen molar-refractivity contribution in [1.29, 1.82) is 0 Å². The van der Waals surface area contributed by atoms with Crippen LogP contribution >= 0.6 is 0 Å². The number of rotatable bonds is 2. The van der Waals surface area contributed by atoms with Gasteiger partial charge in [-0.1, -0.05) is 0 Å². The molecule has 3 heteroatoms. The first kappa shape index (κ1) is 9.12. The Morgan fingerprint density at radius 1 is 0.769 bits per heavy atom. The van der Waals surface area contributed by atoms with E-state index in [0.717, 1.165) is 3.71 Å². The zero-order valence-electron chi connectivity index (χ0n) is 6.80. The summed E-state index contributed by atoms with van der Waals surface area (Å²) in [6.07, 6.45) is 3.65. The van der Waals surface area contributed by atoms with Gasteiger partial charge in [0.2, 0.25) is 0 Å².